The first-order chi connectivity index (χ1) is 15.2. The zero-order valence-electron chi connectivity index (χ0n) is 18.4. The monoisotopic (exact) mass is 452 g/mol. The Kier molecular flexibility index (Phi) is 7.10. The van der Waals surface area contributed by atoms with E-state index >= 15 is 0 Å². The molecule has 0 bridgehead atoms. The second-order valence-electron chi connectivity index (χ2n) is 7.88. The van der Waals surface area contributed by atoms with Gasteiger partial charge < -0.3 is 10.6 Å². The van der Waals surface area contributed by atoms with Crippen LogP contribution in [0.2, 0.25) is 5.02 Å². The van der Waals surface area contributed by atoms with Crippen LogP contribution in [0.15, 0.2) is 53.3 Å². The molecule has 0 fully saturated rings. The number of anilines is 2. The lowest BCUT2D eigenvalue weighted by Crippen LogP contribution is -2.33. The Morgan fingerprint density at radius 3 is 2.38 bits per heavy atom. The largest absolute Gasteiger partial charge is 0.324 e. The van der Waals surface area contributed by atoms with Gasteiger partial charge >= 0.3 is 0 Å². The molecule has 2 amide bonds. The number of nitrogens with zero attached hydrogens (tertiary/aromatic N) is 2. The van der Waals surface area contributed by atoms with Crippen molar-refractivity contribution in [1.82, 2.24) is 9.78 Å². The topological polar surface area (TPSA) is 93.1 Å². The fourth-order valence-corrected chi connectivity index (χ4v) is 3.12. The molecule has 1 heterocycles. The number of rotatable bonds is 6. The maximum Gasteiger partial charge on any atom is 0.291 e. The molecule has 7 nitrogen and oxygen atoms in total. The maximum atomic E-state index is 13.0. The number of halogens is 1. The summed E-state index contributed by atoms with van der Waals surface area (Å²) in [6.45, 7) is 6.90. The molecule has 0 aliphatic carbocycles. The quantitative estimate of drug-likeness (QED) is 0.579. The minimum atomic E-state index is -0.562. The molecule has 2 N–H and O–H groups in total. The van der Waals surface area contributed by atoms with Crippen LogP contribution in [0.5, 0.6) is 0 Å². The molecule has 0 saturated heterocycles. The summed E-state index contributed by atoms with van der Waals surface area (Å²) in [7, 11) is 0. The first-order valence-corrected chi connectivity index (χ1v) is 10.6. The summed E-state index contributed by atoms with van der Waals surface area (Å²) in [6.07, 6.45) is 0. The molecule has 0 aliphatic heterocycles. The van der Waals surface area contributed by atoms with E-state index in [0.29, 0.717) is 16.4 Å². The predicted octanol–water partition coefficient (Wildman–Crippen LogP) is 4.41. The predicted molar refractivity (Wildman–Crippen MR) is 127 cm³/mol. The average molecular weight is 453 g/mol. The zero-order chi connectivity index (χ0) is 23.4. The fraction of sp³-hybridized carbons (Fsp3) is 0.250. The lowest BCUT2D eigenvalue weighted by Gasteiger charge is -2.14. The molecule has 0 saturated carbocycles. The van der Waals surface area contributed by atoms with E-state index in [1.54, 1.807) is 39.0 Å². The second kappa shape index (κ2) is 9.78. The van der Waals surface area contributed by atoms with Gasteiger partial charge in [-0.3, -0.25) is 14.4 Å². The highest BCUT2D eigenvalue weighted by atomic mass is 35.5. The van der Waals surface area contributed by atoms with E-state index in [1.807, 2.05) is 31.2 Å². The van der Waals surface area contributed by atoms with Crippen LogP contribution in [0.1, 0.15) is 25.0 Å². The van der Waals surface area contributed by atoms with Gasteiger partial charge in [0.15, 0.2) is 0 Å². The van der Waals surface area contributed by atoms with Crippen molar-refractivity contribution in [3.63, 3.8) is 0 Å². The number of aryl methyl sites for hydroxylation is 1. The van der Waals surface area contributed by atoms with Crippen molar-refractivity contribution < 1.29 is 9.59 Å². The van der Waals surface area contributed by atoms with Gasteiger partial charge in [0.1, 0.15) is 12.2 Å². The highest BCUT2D eigenvalue weighted by Crippen LogP contribution is 2.23. The van der Waals surface area contributed by atoms with E-state index in [0.717, 1.165) is 21.4 Å². The number of aromatic nitrogens is 2. The Bertz CT molecular complexity index is 1220. The van der Waals surface area contributed by atoms with Gasteiger partial charge in [-0.2, -0.15) is 5.10 Å². The van der Waals surface area contributed by atoms with Crippen LogP contribution in [0.4, 0.5) is 11.4 Å². The molecule has 32 heavy (non-hydrogen) atoms. The van der Waals surface area contributed by atoms with Crippen LogP contribution >= 0.6 is 11.6 Å². The second-order valence-corrected chi connectivity index (χ2v) is 8.28. The van der Waals surface area contributed by atoms with E-state index in [9.17, 15) is 14.4 Å². The lowest BCUT2D eigenvalue weighted by atomic mass is 10.1. The first-order valence-electron chi connectivity index (χ1n) is 10.2. The van der Waals surface area contributed by atoms with Gasteiger partial charge in [0, 0.05) is 22.2 Å². The lowest BCUT2D eigenvalue weighted by molar-refractivity contribution is -0.119. The van der Waals surface area contributed by atoms with E-state index in [4.69, 9.17) is 11.6 Å². The summed E-state index contributed by atoms with van der Waals surface area (Å²) >= 11 is 6.12. The van der Waals surface area contributed by atoms with E-state index < -0.39 is 11.5 Å². The van der Waals surface area contributed by atoms with Gasteiger partial charge in [-0.1, -0.05) is 61.3 Å². The minimum absolute atomic E-state index is 0.0704. The van der Waals surface area contributed by atoms with Gasteiger partial charge in [0.05, 0.1) is 5.69 Å². The van der Waals surface area contributed by atoms with Crippen molar-refractivity contribution in [3.8, 4) is 11.3 Å². The summed E-state index contributed by atoms with van der Waals surface area (Å²) in [5.74, 6) is -1.05. The van der Waals surface area contributed by atoms with Gasteiger partial charge in [-0.15, -0.1) is 0 Å². The van der Waals surface area contributed by atoms with Crippen molar-refractivity contribution >= 4 is 34.8 Å². The zero-order valence-corrected chi connectivity index (χ0v) is 19.2. The van der Waals surface area contributed by atoms with E-state index in [-0.39, 0.29) is 24.1 Å². The van der Waals surface area contributed by atoms with Crippen molar-refractivity contribution in [2.75, 3.05) is 10.6 Å². The van der Waals surface area contributed by atoms with Crippen LogP contribution in [-0.2, 0) is 16.1 Å². The summed E-state index contributed by atoms with van der Waals surface area (Å²) in [5, 5.41) is 10.3. The first kappa shape index (κ1) is 23.2. The van der Waals surface area contributed by atoms with Gasteiger partial charge in [0.2, 0.25) is 11.8 Å². The Balaban J connectivity index is 1.97. The van der Waals surface area contributed by atoms with Crippen LogP contribution in [-0.4, -0.2) is 21.6 Å². The number of carbonyl (C=O) groups is 2. The summed E-state index contributed by atoms with van der Waals surface area (Å²) in [5.41, 5.74) is 3.09. The number of hydrogen-bond donors (Lipinski definition) is 2. The molecular formula is C24H25ClN4O3. The molecule has 0 atom stereocenters. The van der Waals surface area contributed by atoms with E-state index in [2.05, 4.69) is 15.7 Å². The molecule has 0 unspecified atom stereocenters. The molecule has 0 radical (unpaired) electrons. The number of benzene rings is 2. The summed E-state index contributed by atoms with van der Waals surface area (Å²) in [4.78, 5) is 37.9. The molecule has 0 spiro atoms. The Labute approximate surface area is 191 Å². The number of amides is 2. The molecule has 8 heteroatoms. The van der Waals surface area contributed by atoms with Gasteiger partial charge in [-0.05, 0) is 37.6 Å². The highest BCUT2D eigenvalue weighted by Gasteiger charge is 2.17. The third kappa shape index (κ3) is 5.42. The fourth-order valence-electron chi connectivity index (χ4n) is 2.95. The molecule has 1 aromatic heterocycles. The van der Waals surface area contributed by atoms with Crippen molar-refractivity contribution in [2.45, 2.75) is 34.2 Å². The maximum absolute atomic E-state index is 13.0. The number of nitrogens with one attached hydrogen (secondary N) is 2. The normalized spacial score (nSPS) is 10.8. The summed E-state index contributed by atoms with van der Waals surface area (Å²) in [6, 6.07) is 14.3. The van der Waals surface area contributed by atoms with Crippen molar-refractivity contribution in [2.24, 2.45) is 5.92 Å². The van der Waals surface area contributed by atoms with Crippen molar-refractivity contribution in [1.29, 1.82) is 0 Å². The molecule has 166 valence electrons. The van der Waals surface area contributed by atoms with Gasteiger partial charge in [-0.25, -0.2) is 4.68 Å². The minimum Gasteiger partial charge on any atom is -0.324 e. The number of carbonyl (C=O) groups excluding carboxylic acids is 2. The SMILES string of the molecule is Cc1ccc(-c2cc(NC(=O)C(C)C)c(=O)n(CC(=O)Nc3cccc(Cl)c3C)n2)cc1. The van der Waals surface area contributed by atoms with Crippen LogP contribution in [0, 0.1) is 19.8 Å². The molecular weight excluding hydrogens is 428 g/mol. The van der Waals surface area contributed by atoms with E-state index in [1.165, 1.54) is 6.07 Å². The third-order valence-electron chi connectivity index (χ3n) is 4.94. The molecule has 0 aliphatic rings. The molecule has 2 aromatic carbocycles. The molecule has 3 aromatic rings. The van der Waals surface area contributed by atoms with Crippen LogP contribution < -0.4 is 16.2 Å². The van der Waals surface area contributed by atoms with Crippen LogP contribution in [0.3, 0.4) is 0 Å². The Hall–Kier alpha value is -3.45. The van der Waals surface area contributed by atoms with Crippen molar-refractivity contribution in [3.05, 3.63) is 75.0 Å². The standard InChI is InChI=1S/C24H25ClN4O3/c1-14(2)23(31)27-21-12-20(17-10-8-15(3)9-11-17)28-29(24(21)32)13-22(30)26-19-7-5-6-18(25)16(19)4/h5-12,14H,13H2,1-4H3,(H,26,30)(H,27,31). The Morgan fingerprint density at radius 1 is 1.03 bits per heavy atom. The van der Waals surface area contributed by atoms with Crippen LogP contribution in [0.25, 0.3) is 11.3 Å². The highest BCUT2D eigenvalue weighted by molar-refractivity contribution is 6.31. The number of hydrogen-bond acceptors (Lipinski definition) is 4. The molecule has 3 rings (SSSR count). The summed E-state index contributed by atoms with van der Waals surface area (Å²) < 4.78 is 1.06. The average Bonchev–Trinajstić information content (AvgIpc) is 2.74. The third-order valence-corrected chi connectivity index (χ3v) is 5.35. The van der Waals surface area contributed by atoms with Gasteiger partial charge in [0.25, 0.3) is 5.56 Å². The smallest absolute Gasteiger partial charge is 0.291 e. The Morgan fingerprint density at radius 2 is 1.72 bits per heavy atom.